The van der Waals surface area contributed by atoms with Gasteiger partial charge in [0.1, 0.15) is 0 Å². The lowest BCUT2D eigenvalue weighted by Crippen LogP contribution is -2.36. The Hall–Kier alpha value is -2.44. The molecule has 0 saturated carbocycles. The van der Waals surface area contributed by atoms with Crippen molar-refractivity contribution in [1.82, 2.24) is 4.90 Å². The van der Waals surface area contributed by atoms with Gasteiger partial charge in [0, 0.05) is 26.1 Å². The molecular weight excluding hydrogens is 262 g/mol. The van der Waals surface area contributed by atoms with Crippen LogP contribution in [0.2, 0.25) is 0 Å². The van der Waals surface area contributed by atoms with Gasteiger partial charge in [0.15, 0.2) is 0 Å². The van der Waals surface area contributed by atoms with Crippen molar-refractivity contribution in [2.24, 2.45) is 5.16 Å². The van der Waals surface area contributed by atoms with Gasteiger partial charge < -0.3 is 9.74 Å². The number of carbonyl (C=O) groups excluding carboxylic acids is 1. The second-order valence-corrected chi connectivity index (χ2v) is 4.46. The molecule has 0 bridgehead atoms. The van der Waals surface area contributed by atoms with Gasteiger partial charge in [-0.05, 0) is 13.0 Å². The standard InChI is InChI=1S/C13H15N3O4/c1-3-15(2)13(17)12-8-10(14-20-12)9-6-4-5-7-11(9)16(18)19/h4-7,12H,3,8H2,1-2H3/t12-/m0/s1. The number of carbonyl (C=O) groups is 1. The summed E-state index contributed by atoms with van der Waals surface area (Å²) in [6, 6.07) is 6.30. The van der Waals surface area contributed by atoms with Crippen LogP contribution in [-0.4, -0.2) is 41.1 Å². The van der Waals surface area contributed by atoms with Crippen LogP contribution in [0.5, 0.6) is 0 Å². The molecular formula is C13H15N3O4. The van der Waals surface area contributed by atoms with E-state index in [9.17, 15) is 14.9 Å². The van der Waals surface area contributed by atoms with Crippen molar-refractivity contribution in [2.45, 2.75) is 19.4 Å². The minimum atomic E-state index is -0.699. The van der Waals surface area contributed by atoms with Crippen molar-refractivity contribution in [3.05, 3.63) is 39.9 Å². The molecule has 0 aromatic heterocycles. The SMILES string of the molecule is CCN(C)C(=O)[C@@H]1CC(c2ccccc2[N+](=O)[O-])=NO1. The first-order valence-corrected chi connectivity index (χ1v) is 6.26. The Morgan fingerprint density at radius 1 is 1.55 bits per heavy atom. The number of nitrogens with zero attached hydrogens (tertiary/aromatic N) is 3. The number of nitro groups is 1. The molecule has 0 spiro atoms. The first kappa shape index (κ1) is 14.0. The van der Waals surface area contributed by atoms with E-state index >= 15 is 0 Å². The maximum absolute atomic E-state index is 12.0. The maximum atomic E-state index is 12.0. The van der Waals surface area contributed by atoms with Crippen molar-refractivity contribution in [1.29, 1.82) is 0 Å². The van der Waals surface area contributed by atoms with Gasteiger partial charge in [-0.15, -0.1) is 0 Å². The molecule has 7 nitrogen and oxygen atoms in total. The molecule has 0 fully saturated rings. The summed E-state index contributed by atoms with van der Waals surface area (Å²) in [6.45, 7) is 2.43. The Morgan fingerprint density at radius 3 is 2.90 bits per heavy atom. The highest BCUT2D eigenvalue weighted by Gasteiger charge is 2.32. The van der Waals surface area contributed by atoms with Crippen molar-refractivity contribution in [3.63, 3.8) is 0 Å². The quantitative estimate of drug-likeness (QED) is 0.617. The van der Waals surface area contributed by atoms with Crippen LogP contribution in [0.25, 0.3) is 0 Å². The maximum Gasteiger partial charge on any atom is 0.278 e. The molecule has 1 aliphatic heterocycles. The Kier molecular flexibility index (Phi) is 3.97. The third kappa shape index (κ3) is 2.61. The Morgan fingerprint density at radius 2 is 2.25 bits per heavy atom. The van der Waals surface area contributed by atoms with Crippen LogP contribution >= 0.6 is 0 Å². The topological polar surface area (TPSA) is 85.0 Å². The number of hydrogen-bond acceptors (Lipinski definition) is 5. The molecule has 0 unspecified atom stereocenters. The lowest BCUT2D eigenvalue weighted by Gasteiger charge is -2.17. The highest BCUT2D eigenvalue weighted by Crippen LogP contribution is 2.25. The molecule has 1 heterocycles. The predicted molar refractivity (Wildman–Crippen MR) is 72.4 cm³/mol. The molecule has 0 aliphatic carbocycles. The summed E-state index contributed by atoms with van der Waals surface area (Å²) in [4.78, 5) is 29.1. The van der Waals surface area contributed by atoms with Crippen LogP contribution in [-0.2, 0) is 9.63 Å². The van der Waals surface area contributed by atoms with E-state index in [4.69, 9.17) is 4.84 Å². The molecule has 106 valence electrons. The first-order valence-electron chi connectivity index (χ1n) is 6.26. The summed E-state index contributed by atoms with van der Waals surface area (Å²) in [5.74, 6) is -0.176. The lowest BCUT2D eigenvalue weighted by atomic mass is 10.0. The van der Waals surface area contributed by atoms with Crippen LogP contribution in [0.4, 0.5) is 5.69 Å². The van der Waals surface area contributed by atoms with Gasteiger partial charge in [0.2, 0.25) is 6.10 Å². The molecule has 1 amide bonds. The largest absolute Gasteiger partial charge is 0.382 e. The van der Waals surface area contributed by atoms with Gasteiger partial charge >= 0.3 is 0 Å². The Bertz CT molecular complexity index is 570. The van der Waals surface area contributed by atoms with Gasteiger partial charge in [-0.1, -0.05) is 17.3 Å². The van der Waals surface area contributed by atoms with Gasteiger partial charge in [-0.3, -0.25) is 14.9 Å². The average molecular weight is 277 g/mol. The van der Waals surface area contributed by atoms with Crippen molar-refractivity contribution in [2.75, 3.05) is 13.6 Å². The lowest BCUT2D eigenvalue weighted by molar-refractivity contribution is -0.385. The Balaban J connectivity index is 2.18. The zero-order valence-corrected chi connectivity index (χ0v) is 11.3. The summed E-state index contributed by atoms with van der Waals surface area (Å²) in [5, 5.41) is 14.8. The number of benzene rings is 1. The second-order valence-electron chi connectivity index (χ2n) is 4.46. The highest BCUT2D eigenvalue weighted by atomic mass is 16.6. The summed E-state index contributed by atoms with van der Waals surface area (Å²) >= 11 is 0. The van der Waals surface area contributed by atoms with E-state index in [0.29, 0.717) is 17.8 Å². The van der Waals surface area contributed by atoms with Gasteiger partial charge in [0.05, 0.1) is 16.2 Å². The molecule has 0 radical (unpaired) electrons. The van der Waals surface area contributed by atoms with E-state index in [1.807, 2.05) is 6.92 Å². The van der Waals surface area contributed by atoms with Crippen LogP contribution in [0.3, 0.4) is 0 Å². The van der Waals surface area contributed by atoms with E-state index in [-0.39, 0.29) is 18.0 Å². The number of likely N-dealkylation sites (N-methyl/N-ethyl adjacent to an activating group) is 1. The number of rotatable bonds is 4. The predicted octanol–water partition coefficient (Wildman–Crippen LogP) is 1.57. The fourth-order valence-electron chi connectivity index (χ4n) is 1.95. The van der Waals surface area contributed by atoms with Crippen molar-refractivity contribution in [3.8, 4) is 0 Å². The van der Waals surface area contributed by atoms with Gasteiger partial charge in [-0.25, -0.2) is 0 Å². The number of amides is 1. The van der Waals surface area contributed by atoms with Crippen molar-refractivity contribution >= 4 is 17.3 Å². The summed E-state index contributed by atoms with van der Waals surface area (Å²) < 4.78 is 0. The zero-order valence-electron chi connectivity index (χ0n) is 11.3. The van der Waals surface area contributed by atoms with E-state index in [1.165, 1.54) is 11.0 Å². The monoisotopic (exact) mass is 277 g/mol. The number of nitro benzene ring substituents is 1. The minimum absolute atomic E-state index is 0.0354. The summed E-state index contributed by atoms with van der Waals surface area (Å²) in [6.07, 6.45) is -0.455. The van der Waals surface area contributed by atoms with Crippen LogP contribution < -0.4 is 0 Å². The fourth-order valence-corrected chi connectivity index (χ4v) is 1.95. The third-order valence-corrected chi connectivity index (χ3v) is 3.21. The van der Waals surface area contributed by atoms with E-state index < -0.39 is 11.0 Å². The first-order chi connectivity index (χ1) is 9.54. The normalized spacial score (nSPS) is 17.3. The molecule has 1 aromatic rings. The van der Waals surface area contributed by atoms with Crippen LogP contribution in [0.1, 0.15) is 18.9 Å². The molecule has 20 heavy (non-hydrogen) atoms. The molecule has 1 aliphatic rings. The highest BCUT2D eigenvalue weighted by molar-refractivity contribution is 6.06. The number of hydrogen-bond donors (Lipinski definition) is 0. The average Bonchev–Trinajstić information content (AvgIpc) is 2.95. The van der Waals surface area contributed by atoms with Gasteiger partial charge in [-0.2, -0.15) is 0 Å². The summed E-state index contributed by atoms with van der Waals surface area (Å²) in [5.41, 5.74) is 0.791. The van der Waals surface area contributed by atoms with E-state index in [2.05, 4.69) is 5.16 Å². The van der Waals surface area contributed by atoms with E-state index in [0.717, 1.165) is 0 Å². The van der Waals surface area contributed by atoms with Crippen LogP contribution in [0.15, 0.2) is 29.4 Å². The van der Waals surface area contributed by atoms with Crippen molar-refractivity contribution < 1.29 is 14.6 Å². The zero-order chi connectivity index (χ0) is 14.7. The summed E-state index contributed by atoms with van der Waals surface area (Å²) in [7, 11) is 1.68. The smallest absolute Gasteiger partial charge is 0.278 e. The van der Waals surface area contributed by atoms with E-state index in [1.54, 1.807) is 25.2 Å². The minimum Gasteiger partial charge on any atom is -0.382 e. The number of para-hydroxylation sites is 1. The molecule has 0 saturated heterocycles. The molecule has 0 N–H and O–H groups in total. The Labute approximate surface area is 116 Å². The van der Waals surface area contributed by atoms with Crippen LogP contribution in [0, 0.1) is 10.1 Å². The number of oxime groups is 1. The molecule has 1 aromatic carbocycles. The second kappa shape index (κ2) is 5.68. The molecule has 2 rings (SSSR count). The third-order valence-electron chi connectivity index (χ3n) is 3.21. The fraction of sp³-hybridized carbons (Fsp3) is 0.385. The van der Waals surface area contributed by atoms with Gasteiger partial charge in [0.25, 0.3) is 11.6 Å². The molecule has 7 heteroatoms. The molecule has 1 atom stereocenters.